The van der Waals surface area contributed by atoms with Crippen LogP contribution < -0.4 is 15.9 Å². The maximum Gasteiger partial charge on any atom is 0.277 e. The van der Waals surface area contributed by atoms with Crippen LogP contribution in [0.2, 0.25) is 10.0 Å². The number of aliphatic hydroxyl groups is 1. The fourth-order valence-corrected chi connectivity index (χ4v) is 3.99. The van der Waals surface area contributed by atoms with Crippen LogP contribution in [0.1, 0.15) is 39.1 Å². The SMILES string of the molecule is [2H]C([2H])(Oc1cc(C)n(-c2cc(-n3cccc(C(C)(C)O)c3=O)ncc2C)c(=O)c1Cl)c1ncc(Cl)cc1F. The largest absolute Gasteiger partial charge is 0.485 e. The first-order valence-corrected chi connectivity index (χ1v) is 11.7. The molecule has 0 aromatic carbocycles. The predicted octanol–water partition coefficient (Wildman–Crippen LogP) is 4.65. The van der Waals surface area contributed by atoms with Crippen LogP contribution in [0.25, 0.3) is 11.5 Å². The van der Waals surface area contributed by atoms with Gasteiger partial charge in [0.15, 0.2) is 0 Å². The van der Waals surface area contributed by atoms with Crippen molar-refractivity contribution in [3.63, 3.8) is 0 Å². The van der Waals surface area contributed by atoms with Crippen LogP contribution in [0.5, 0.6) is 5.75 Å². The summed E-state index contributed by atoms with van der Waals surface area (Å²) in [4.78, 5) is 34.5. The molecule has 37 heavy (non-hydrogen) atoms. The summed E-state index contributed by atoms with van der Waals surface area (Å²) in [5.74, 6) is -1.16. The molecule has 4 aromatic rings. The van der Waals surface area contributed by atoms with Gasteiger partial charge in [0.2, 0.25) is 0 Å². The zero-order valence-electron chi connectivity index (χ0n) is 22.2. The van der Waals surface area contributed by atoms with Crippen LogP contribution in [0.4, 0.5) is 4.39 Å². The van der Waals surface area contributed by atoms with Crippen molar-refractivity contribution in [2.24, 2.45) is 0 Å². The molecule has 0 spiro atoms. The van der Waals surface area contributed by atoms with Gasteiger partial charge in [0.1, 0.15) is 34.7 Å². The Morgan fingerprint density at radius 2 is 1.86 bits per heavy atom. The Balaban J connectivity index is 1.81. The van der Waals surface area contributed by atoms with Crippen molar-refractivity contribution < 1.29 is 17.0 Å². The first kappa shape index (κ1) is 23.8. The molecule has 0 saturated heterocycles. The van der Waals surface area contributed by atoms with Crippen LogP contribution in [-0.4, -0.2) is 24.2 Å². The van der Waals surface area contributed by atoms with Crippen molar-refractivity contribution in [2.45, 2.75) is 39.9 Å². The normalized spacial score (nSPS) is 12.8. The van der Waals surface area contributed by atoms with E-state index in [4.69, 9.17) is 30.7 Å². The number of aryl methyl sites for hydroxylation is 2. The standard InChI is InChI=1S/C26H23Cl2FN4O4/c1-14-11-31-22(32-7-5-6-17(24(32)34)26(3,4)36)10-20(14)33-15(2)8-21(23(28)25(33)35)37-13-19-18(29)9-16(27)12-30-19/h5-12,36H,13H2,1-4H3/i13D2. The molecule has 0 saturated carbocycles. The summed E-state index contributed by atoms with van der Waals surface area (Å²) in [7, 11) is 0. The summed E-state index contributed by atoms with van der Waals surface area (Å²) in [6, 6.07) is 6.86. The fourth-order valence-electron chi connectivity index (χ4n) is 3.66. The maximum absolute atomic E-state index is 14.3. The molecular weight excluding hydrogens is 522 g/mol. The van der Waals surface area contributed by atoms with Gasteiger partial charge in [-0.1, -0.05) is 23.2 Å². The molecule has 4 heterocycles. The van der Waals surface area contributed by atoms with Crippen molar-refractivity contribution in [2.75, 3.05) is 0 Å². The molecule has 4 aromatic heterocycles. The molecule has 0 fully saturated rings. The van der Waals surface area contributed by atoms with Crippen molar-refractivity contribution >= 4 is 23.2 Å². The number of ether oxygens (including phenoxy) is 1. The molecular formula is C26H23Cl2FN4O4. The lowest BCUT2D eigenvalue weighted by molar-refractivity contribution is 0.0767. The number of rotatable bonds is 6. The minimum Gasteiger partial charge on any atom is -0.485 e. The van der Waals surface area contributed by atoms with E-state index in [0.717, 1.165) is 12.3 Å². The second-order valence-corrected chi connectivity index (χ2v) is 9.59. The van der Waals surface area contributed by atoms with Gasteiger partial charge >= 0.3 is 0 Å². The van der Waals surface area contributed by atoms with Gasteiger partial charge in [0, 0.05) is 42.0 Å². The average Bonchev–Trinajstić information content (AvgIpc) is 2.82. The second-order valence-electron chi connectivity index (χ2n) is 8.78. The highest BCUT2D eigenvalue weighted by Crippen LogP contribution is 2.26. The van der Waals surface area contributed by atoms with E-state index in [0.29, 0.717) is 16.9 Å². The molecule has 0 radical (unpaired) electrons. The van der Waals surface area contributed by atoms with Crippen LogP contribution in [0.3, 0.4) is 0 Å². The number of aromatic nitrogens is 4. The van der Waals surface area contributed by atoms with E-state index in [1.165, 1.54) is 53.6 Å². The minimum absolute atomic E-state index is 0.0234. The van der Waals surface area contributed by atoms with E-state index in [-0.39, 0.29) is 22.2 Å². The third-order valence-electron chi connectivity index (χ3n) is 5.52. The Hall–Kier alpha value is -3.53. The highest BCUT2D eigenvalue weighted by molar-refractivity contribution is 6.31. The Morgan fingerprint density at radius 1 is 1.14 bits per heavy atom. The highest BCUT2D eigenvalue weighted by atomic mass is 35.5. The molecule has 0 aliphatic rings. The number of pyridine rings is 4. The Bertz CT molecular complexity index is 1720. The lowest BCUT2D eigenvalue weighted by Gasteiger charge is -2.19. The quantitative estimate of drug-likeness (QED) is 0.378. The smallest absolute Gasteiger partial charge is 0.277 e. The summed E-state index contributed by atoms with van der Waals surface area (Å²) in [6.07, 6.45) is 4.04. The Morgan fingerprint density at radius 3 is 2.54 bits per heavy atom. The number of nitrogens with zero attached hydrogens (tertiary/aromatic N) is 4. The maximum atomic E-state index is 14.3. The van der Waals surface area contributed by atoms with E-state index < -0.39 is 39.8 Å². The summed E-state index contributed by atoms with van der Waals surface area (Å²) < 4.78 is 38.5. The molecule has 0 aliphatic carbocycles. The minimum atomic E-state index is -2.78. The zero-order valence-corrected chi connectivity index (χ0v) is 21.7. The van der Waals surface area contributed by atoms with Crippen LogP contribution in [0, 0.1) is 19.7 Å². The van der Waals surface area contributed by atoms with Crippen molar-refractivity contribution in [1.82, 2.24) is 19.1 Å². The van der Waals surface area contributed by atoms with Crippen molar-refractivity contribution in [1.29, 1.82) is 0 Å². The highest BCUT2D eigenvalue weighted by Gasteiger charge is 2.22. The summed E-state index contributed by atoms with van der Waals surface area (Å²) in [5, 5.41) is 9.88. The van der Waals surface area contributed by atoms with Crippen LogP contribution >= 0.6 is 23.2 Å². The first-order chi connectivity index (χ1) is 18.1. The van der Waals surface area contributed by atoms with Gasteiger partial charge in [-0.25, -0.2) is 9.37 Å². The second kappa shape index (κ2) is 10.1. The van der Waals surface area contributed by atoms with E-state index in [1.807, 2.05) is 0 Å². The third kappa shape index (κ3) is 5.29. The molecule has 0 bridgehead atoms. The van der Waals surface area contributed by atoms with Gasteiger partial charge in [-0.15, -0.1) is 0 Å². The molecule has 0 aliphatic heterocycles. The molecule has 0 amide bonds. The van der Waals surface area contributed by atoms with Gasteiger partial charge in [-0.2, -0.15) is 0 Å². The monoisotopic (exact) mass is 546 g/mol. The van der Waals surface area contributed by atoms with Gasteiger partial charge in [-0.05, 0) is 51.5 Å². The van der Waals surface area contributed by atoms with Gasteiger partial charge < -0.3 is 9.84 Å². The third-order valence-corrected chi connectivity index (χ3v) is 6.07. The first-order valence-electron chi connectivity index (χ1n) is 12.0. The molecule has 1 N–H and O–H groups in total. The Labute approximate surface area is 224 Å². The van der Waals surface area contributed by atoms with Crippen molar-refractivity contribution in [3.8, 4) is 17.3 Å². The Kier molecular flexibility index (Phi) is 6.50. The van der Waals surface area contributed by atoms with Gasteiger partial charge in [0.25, 0.3) is 11.1 Å². The molecule has 192 valence electrons. The van der Waals surface area contributed by atoms with E-state index in [2.05, 4.69) is 9.97 Å². The van der Waals surface area contributed by atoms with Crippen molar-refractivity contribution in [3.05, 3.63) is 108 Å². The molecule has 4 rings (SSSR count). The summed E-state index contributed by atoms with van der Waals surface area (Å²) in [5.41, 5.74) is -1.90. The zero-order chi connectivity index (χ0) is 28.9. The number of hydrogen-bond acceptors (Lipinski definition) is 6. The molecule has 8 nitrogen and oxygen atoms in total. The van der Waals surface area contributed by atoms with Crippen LogP contribution in [0.15, 0.2) is 58.5 Å². The average molecular weight is 547 g/mol. The van der Waals surface area contributed by atoms with Gasteiger partial charge in [-0.3, -0.25) is 23.7 Å². The lowest BCUT2D eigenvalue weighted by atomic mass is 10.0. The fraction of sp³-hybridized carbons (Fsp3) is 0.231. The molecule has 0 atom stereocenters. The topological polar surface area (TPSA) is 99.2 Å². The molecule has 0 unspecified atom stereocenters. The van der Waals surface area contributed by atoms with Crippen LogP contribution in [-0.2, 0) is 12.2 Å². The molecule has 11 heteroatoms. The lowest BCUT2D eigenvalue weighted by Crippen LogP contribution is -2.31. The summed E-state index contributed by atoms with van der Waals surface area (Å²) >= 11 is 12.0. The van der Waals surface area contributed by atoms with E-state index in [1.54, 1.807) is 19.9 Å². The van der Waals surface area contributed by atoms with Gasteiger partial charge in [0.05, 0.1) is 19.1 Å². The van der Waals surface area contributed by atoms with E-state index in [9.17, 15) is 19.1 Å². The predicted molar refractivity (Wildman–Crippen MR) is 139 cm³/mol. The number of hydrogen-bond donors (Lipinski definition) is 1. The van der Waals surface area contributed by atoms with E-state index >= 15 is 0 Å². The number of halogens is 3. The summed E-state index contributed by atoms with van der Waals surface area (Å²) in [6.45, 7) is 3.49.